The summed E-state index contributed by atoms with van der Waals surface area (Å²) in [6.45, 7) is 2.15. The molecule has 2 heterocycles. The monoisotopic (exact) mass is 362 g/mol. The van der Waals surface area contributed by atoms with E-state index < -0.39 is 22.9 Å². The van der Waals surface area contributed by atoms with Gasteiger partial charge in [-0.25, -0.2) is 9.59 Å². The van der Waals surface area contributed by atoms with E-state index in [-0.39, 0.29) is 0 Å². The van der Waals surface area contributed by atoms with Crippen molar-refractivity contribution in [3.8, 4) is 5.75 Å². The van der Waals surface area contributed by atoms with Crippen LogP contribution in [0.25, 0.3) is 6.08 Å². The third-order valence-electron chi connectivity index (χ3n) is 3.25. The molecule has 2 aromatic heterocycles. The topological polar surface area (TPSA) is 137 Å². The molecule has 0 bridgehead atoms. The molecular formula is C17H22N4O5. The van der Waals surface area contributed by atoms with Gasteiger partial charge < -0.3 is 20.1 Å². The summed E-state index contributed by atoms with van der Waals surface area (Å²) in [5, 5.41) is 11.5. The third-order valence-corrected chi connectivity index (χ3v) is 3.25. The molecule has 0 spiro atoms. The van der Waals surface area contributed by atoms with Gasteiger partial charge in [-0.2, -0.15) is 0 Å². The SMILES string of the molecule is CN[C@@H](C)C/C=C/c1cncc(OC)c1.O=C(O)c1cc(=O)[nH]c(=O)[nH]1. The Labute approximate surface area is 149 Å². The molecule has 0 unspecified atom stereocenters. The maximum atomic E-state index is 10.5. The zero-order chi connectivity index (χ0) is 19.5. The zero-order valence-corrected chi connectivity index (χ0v) is 14.8. The summed E-state index contributed by atoms with van der Waals surface area (Å²) in [5.74, 6) is -0.549. The molecular weight excluding hydrogens is 340 g/mol. The van der Waals surface area contributed by atoms with Gasteiger partial charge in [0.25, 0.3) is 5.56 Å². The number of ether oxygens (including phenoxy) is 1. The quantitative estimate of drug-likeness (QED) is 0.598. The minimum Gasteiger partial charge on any atom is -0.495 e. The van der Waals surface area contributed by atoms with Crippen molar-refractivity contribution < 1.29 is 14.6 Å². The number of carbonyl (C=O) groups is 1. The van der Waals surface area contributed by atoms with Gasteiger partial charge in [0, 0.05) is 18.3 Å². The Kier molecular flexibility index (Phi) is 8.51. The molecule has 0 radical (unpaired) electrons. The average molecular weight is 362 g/mol. The fourth-order valence-electron chi connectivity index (χ4n) is 1.75. The summed E-state index contributed by atoms with van der Waals surface area (Å²) in [5.41, 5.74) is -0.905. The Balaban J connectivity index is 0.000000273. The zero-order valence-electron chi connectivity index (χ0n) is 14.8. The molecule has 0 aliphatic carbocycles. The van der Waals surface area contributed by atoms with Gasteiger partial charge in [0.05, 0.1) is 13.3 Å². The van der Waals surface area contributed by atoms with E-state index in [4.69, 9.17) is 9.84 Å². The molecule has 1 atom stereocenters. The lowest BCUT2D eigenvalue weighted by molar-refractivity contribution is 0.0689. The largest absolute Gasteiger partial charge is 0.495 e. The van der Waals surface area contributed by atoms with Gasteiger partial charge in [-0.3, -0.25) is 14.8 Å². The highest BCUT2D eigenvalue weighted by Gasteiger charge is 2.03. The molecule has 0 saturated carbocycles. The van der Waals surface area contributed by atoms with Gasteiger partial charge in [-0.05, 0) is 32.0 Å². The molecule has 0 aliphatic rings. The first-order chi connectivity index (χ1) is 12.3. The molecule has 0 amide bonds. The number of nitrogens with zero attached hydrogens (tertiary/aromatic N) is 1. The Bertz CT molecular complexity index is 828. The van der Waals surface area contributed by atoms with Crippen LogP contribution in [0, 0.1) is 0 Å². The normalized spacial score (nSPS) is 11.5. The molecule has 0 aromatic carbocycles. The van der Waals surface area contributed by atoms with Crippen molar-refractivity contribution in [1.29, 1.82) is 0 Å². The molecule has 26 heavy (non-hydrogen) atoms. The summed E-state index contributed by atoms with van der Waals surface area (Å²) in [4.78, 5) is 39.0. The van der Waals surface area contributed by atoms with Crippen LogP contribution in [-0.4, -0.2) is 46.2 Å². The molecule has 4 N–H and O–H groups in total. The van der Waals surface area contributed by atoms with Gasteiger partial charge in [0.2, 0.25) is 0 Å². The Morgan fingerprint density at radius 2 is 2.08 bits per heavy atom. The number of hydrogen-bond acceptors (Lipinski definition) is 6. The average Bonchev–Trinajstić information content (AvgIpc) is 2.61. The predicted molar refractivity (Wildman–Crippen MR) is 97.6 cm³/mol. The first kappa shape index (κ1) is 20.8. The number of aromatic carboxylic acids is 1. The van der Waals surface area contributed by atoms with E-state index in [0.29, 0.717) is 6.04 Å². The van der Waals surface area contributed by atoms with Crippen LogP contribution in [0.4, 0.5) is 0 Å². The van der Waals surface area contributed by atoms with Crippen molar-refractivity contribution in [1.82, 2.24) is 20.3 Å². The van der Waals surface area contributed by atoms with E-state index in [9.17, 15) is 14.4 Å². The molecule has 0 fully saturated rings. The molecule has 140 valence electrons. The Morgan fingerprint density at radius 3 is 2.65 bits per heavy atom. The molecule has 9 nitrogen and oxygen atoms in total. The number of rotatable bonds is 6. The second-order valence-corrected chi connectivity index (χ2v) is 5.29. The first-order valence-corrected chi connectivity index (χ1v) is 7.75. The number of methoxy groups -OCH3 is 1. The molecule has 0 aliphatic heterocycles. The summed E-state index contributed by atoms with van der Waals surface area (Å²) >= 11 is 0. The van der Waals surface area contributed by atoms with Crippen molar-refractivity contribution in [2.24, 2.45) is 0 Å². The third kappa shape index (κ3) is 7.58. The number of H-pyrrole nitrogens is 2. The standard InChI is InChI=1S/C12H18N2O.C5H4N2O4/c1-10(13-2)5-4-6-11-7-12(15-3)9-14-8-11;8-3-1-2(4(9)10)6-5(11)7-3/h4,6-10,13H,5H2,1-3H3;1H,(H,9,10)(H2,6,7,8,11)/b6-4+;/t10-;/m0./s1. The van der Waals surface area contributed by atoms with E-state index >= 15 is 0 Å². The summed E-state index contributed by atoms with van der Waals surface area (Å²) in [6, 6.07) is 3.26. The van der Waals surface area contributed by atoms with Crippen LogP contribution in [0.3, 0.4) is 0 Å². The van der Waals surface area contributed by atoms with Crippen LogP contribution in [0.1, 0.15) is 29.4 Å². The van der Waals surface area contributed by atoms with Crippen LogP contribution in [-0.2, 0) is 0 Å². The number of carboxylic acids is 1. The maximum absolute atomic E-state index is 10.5. The van der Waals surface area contributed by atoms with E-state index in [0.717, 1.165) is 23.8 Å². The second-order valence-electron chi connectivity index (χ2n) is 5.29. The second kappa shape index (κ2) is 10.6. The number of aromatic nitrogens is 3. The van der Waals surface area contributed by atoms with Gasteiger partial charge in [-0.15, -0.1) is 0 Å². The maximum Gasteiger partial charge on any atom is 0.352 e. The molecule has 9 heteroatoms. The highest BCUT2D eigenvalue weighted by atomic mass is 16.5. The van der Waals surface area contributed by atoms with Crippen LogP contribution >= 0.6 is 0 Å². The minimum atomic E-state index is -1.34. The van der Waals surface area contributed by atoms with Gasteiger partial charge in [-0.1, -0.05) is 12.2 Å². The lowest BCUT2D eigenvalue weighted by Crippen LogP contribution is -2.24. The van der Waals surface area contributed by atoms with E-state index in [1.807, 2.05) is 29.3 Å². The minimum absolute atomic E-state index is 0.418. The number of aromatic amines is 2. The van der Waals surface area contributed by atoms with Crippen LogP contribution in [0.5, 0.6) is 5.75 Å². The highest BCUT2D eigenvalue weighted by Crippen LogP contribution is 2.11. The van der Waals surface area contributed by atoms with Gasteiger partial charge >= 0.3 is 11.7 Å². The molecule has 0 saturated heterocycles. The summed E-state index contributed by atoms with van der Waals surface area (Å²) in [7, 11) is 3.61. The number of pyridine rings is 1. The lowest BCUT2D eigenvalue weighted by Gasteiger charge is -2.05. The van der Waals surface area contributed by atoms with Gasteiger partial charge in [0.15, 0.2) is 0 Å². The Morgan fingerprint density at radius 1 is 1.35 bits per heavy atom. The van der Waals surface area contributed by atoms with E-state index in [2.05, 4.69) is 29.4 Å². The summed E-state index contributed by atoms with van der Waals surface area (Å²) < 4.78 is 5.09. The van der Waals surface area contributed by atoms with Crippen molar-refractivity contribution in [2.75, 3.05) is 14.2 Å². The number of nitrogens with one attached hydrogen (secondary N) is 3. The fraction of sp³-hybridized carbons (Fsp3) is 0.294. The van der Waals surface area contributed by atoms with Crippen LogP contribution in [0.15, 0.2) is 40.2 Å². The predicted octanol–water partition coefficient (Wildman–Crippen LogP) is 0.863. The number of hydrogen-bond donors (Lipinski definition) is 4. The van der Waals surface area contributed by atoms with Crippen LogP contribution < -0.4 is 21.3 Å². The van der Waals surface area contributed by atoms with Crippen molar-refractivity contribution in [3.63, 3.8) is 0 Å². The Hall–Kier alpha value is -3.20. The summed E-state index contributed by atoms with van der Waals surface area (Å²) in [6.07, 6.45) is 8.73. The van der Waals surface area contributed by atoms with E-state index in [1.54, 1.807) is 13.3 Å². The lowest BCUT2D eigenvalue weighted by atomic mass is 10.2. The van der Waals surface area contributed by atoms with Crippen LogP contribution in [0.2, 0.25) is 0 Å². The molecule has 2 rings (SSSR count). The van der Waals surface area contributed by atoms with Gasteiger partial charge in [0.1, 0.15) is 11.4 Å². The first-order valence-electron chi connectivity index (χ1n) is 7.75. The van der Waals surface area contributed by atoms with E-state index in [1.165, 1.54) is 0 Å². The highest BCUT2D eigenvalue weighted by molar-refractivity contribution is 5.84. The van der Waals surface area contributed by atoms with Crippen molar-refractivity contribution in [3.05, 3.63) is 62.7 Å². The smallest absolute Gasteiger partial charge is 0.352 e. The van der Waals surface area contributed by atoms with Crippen molar-refractivity contribution >= 4 is 12.0 Å². The van der Waals surface area contributed by atoms with Crippen molar-refractivity contribution in [2.45, 2.75) is 19.4 Å². The fourth-order valence-corrected chi connectivity index (χ4v) is 1.75. The number of carboxylic acid groups (broad SMARTS) is 1. The molecule has 2 aromatic rings.